The smallest absolute Gasteiger partial charge is 0.0599 e. The average molecular weight is 218 g/mol. The molecule has 0 radical (unpaired) electrons. The molecule has 2 rings (SSSR count). The Balaban J connectivity index is 2.36. The predicted molar refractivity (Wildman–Crippen MR) is 71.5 cm³/mol. The van der Waals surface area contributed by atoms with Crippen molar-refractivity contribution in [1.82, 2.24) is 0 Å². The fourth-order valence-electron chi connectivity index (χ4n) is 2.30. The molecule has 0 saturated carbocycles. The predicted octanol–water partition coefficient (Wildman–Crippen LogP) is 3.31. The molecular formula is C14H22N2. The summed E-state index contributed by atoms with van der Waals surface area (Å²) >= 11 is 0. The second-order valence-corrected chi connectivity index (χ2v) is 5.30. The molecule has 88 valence electrons. The van der Waals surface area contributed by atoms with Crippen LogP contribution in [-0.4, -0.2) is 20.1 Å². The molecule has 1 unspecified atom stereocenters. The zero-order valence-electron chi connectivity index (χ0n) is 10.7. The quantitative estimate of drug-likeness (QED) is 0.778. The van der Waals surface area contributed by atoms with E-state index in [-0.39, 0.29) is 0 Å². The Morgan fingerprint density at radius 1 is 1.38 bits per heavy atom. The van der Waals surface area contributed by atoms with Crippen molar-refractivity contribution >= 4 is 11.4 Å². The van der Waals surface area contributed by atoms with Gasteiger partial charge in [0.2, 0.25) is 0 Å². The lowest BCUT2D eigenvalue weighted by atomic mass is 10.0. The van der Waals surface area contributed by atoms with Crippen LogP contribution in [0.5, 0.6) is 0 Å². The van der Waals surface area contributed by atoms with Crippen LogP contribution in [-0.2, 0) is 0 Å². The fraction of sp³-hybridized carbons (Fsp3) is 0.571. The van der Waals surface area contributed by atoms with E-state index in [4.69, 9.17) is 0 Å². The summed E-state index contributed by atoms with van der Waals surface area (Å²) in [5, 5.41) is 3.56. The van der Waals surface area contributed by atoms with Crippen LogP contribution in [0.25, 0.3) is 0 Å². The molecule has 1 aromatic carbocycles. The Hall–Kier alpha value is -1.18. The van der Waals surface area contributed by atoms with Gasteiger partial charge in [0, 0.05) is 20.1 Å². The van der Waals surface area contributed by atoms with Gasteiger partial charge < -0.3 is 10.2 Å². The summed E-state index contributed by atoms with van der Waals surface area (Å²) in [6.45, 7) is 8.97. The van der Waals surface area contributed by atoms with E-state index >= 15 is 0 Å². The van der Waals surface area contributed by atoms with E-state index in [1.54, 1.807) is 0 Å². The van der Waals surface area contributed by atoms with Crippen LogP contribution in [0, 0.1) is 5.92 Å². The standard InChI is InChI=1S/C14H22N2/c1-10(2)12-5-6-14-13(7-12)15-8-11(3)9-16(14)4/h5-7,10-11,15H,8-9H2,1-4H3. The second-order valence-electron chi connectivity index (χ2n) is 5.30. The molecular weight excluding hydrogens is 196 g/mol. The summed E-state index contributed by atoms with van der Waals surface area (Å²) in [6, 6.07) is 6.79. The molecule has 0 bridgehead atoms. The van der Waals surface area contributed by atoms with E-state index < -0.39 is 0 Å². The Morgan fingerprint density at radius 2 is 2.12 bits per heavy atom. The van der Waals surface area contributed by atoms with Crippen LogP contribution >= 0.6 is 0 Å². The fourth-order valence-corrected chi connectivity index (χ4v) is 2.30. The van der Waals surface area contributed by atoms with Crippen molar-refractivity contribution < 1.29 is 0 Å². The maximum Gasteiger partial charge on any atom is 0.0599 e. The van der Waals surface area contributed by atoms with Crippen molar-refractivity contribution in [2.75, 3.05) is 30.4 Å². The maximum atomic E-state index is 3.56. The minimum atomic E-state index is 0.595. The highest BCUT2D eigenvalue weighted by molar-refractivity contribution is 5.71. The average Bonchev–Trinajstić information content (AvgIpc) is 2.38. The van der Waals surface area contributed by atoms with Crippen molar-refractivity contribution in [1.29, 1.82) is 0 Å². The van der Waals surface area contributed by atoms with Gasteiger partial charge in [-0.2, -0.15) is 0 Å². The SMILES string of the molecule is CC1CNc2cc(C(C)C)ccc2N(C)C1. The van der Waals surface area contributed by atoms with Crippen LogP contribution in [0.4, 0.5) is 11.4 Å². The number of rotatable bonds is 1. The third-order valence-corrected chi connectivity index (χ3v) is 3.33. The van der Waals surface area contributed by atoms with Gasteiger partial charge in [0.15, 0.2) is 0 Å². The lowest BCUT2D eigenvalue weighted by Crippen LogP contribution is -2.23. The van der Waals surface area contributed by atoms with Crippen LogP contribution in [0.2, 0.25) is 0 Å². The van der Waals surface area contributed by atoms with Gasteiger partial charge in [-0.1, -0.05) is 26.8 Å². The molecule has 1 aliphatic rings. The van der Waals surface area contributed by atoms with Crippen molar-refractivity contribution in [3.05, 3.63) is 23.8 Å². The molecule has 1 atom stereocenters. The Kier molecular flexibility index (Phi) is 3.08. The summed E-state index contributed by atoms with van der Waals surface area (Å²) in [4.78, 5) is 2.35. The van der Waals surface area contributed by atoms with Crippen molar-refractivity contribution in [3.8, 4) is 0 Å². The van der Waals surface area contributed by atoms with Crippen LogP contribution in [0.15, 0.2) is 18.2 Å². The normalized spacial score (nSPS) is 20.3. The van der Waals surface area contributed by atoms with Gasteiger partial charge in [0.1, 0.15) is 0 Å². The number of nitrogens with one attached hydrogen (secondary N) is 1. The molecule has 2 heteroatoms. The lowest BCUT2D eigenvalue weighted by molar-refractivity contribution is 0.618. The highest BCUT2D eigenvalue weighted by atomic mass is 15.1. The number of anilines is 2. The van der Waals surface area contributed by atoms with Gasteiger partial charge in [-0.3, -0.25) is 0 Å². The van der Waals surface area contributed by atoms with Crippen LogP contribution in [0.3, 0.4) is 0 Å². The highest BCUT2D eigenvalue weighted by Crippen LogP contribution is 2.31. The number of nitrogens with zero attached hydrogens (tertiary/aromatic N) is 1. The Bertz CT molecular complexity index is 371. The monoisotopic (exact) mass is 218 g/mol. The van der Waals surface area contributed by atoms with Gasteiger partial charge in [0.05, 0.1) is 11.4 Å². The molecule has 0 saturated heterocycles. The van der Waals surface area contributed by atoms with Gasteiger partial charge >= 0.3 is 0 Å². The molecule has 1 aromatic rings. The molecule has 0 aromatic heterocycles. The molecule has 1 N–H and O–H groups in total. The lowest BCUT2D eigenvalue weighted by Gasteiger charge is -2.21. The highest BCUT2D eigenvalue weighted by Gasteiger charge is 2.16. The van der Waals surface area contributed by atoms with E-state index in [0.29, 0.717) is 11.8 Å². The summed E-state index contributed by atoms with van der Waals surface area (Å²) in [5.74, 6) is 1.29. The number of hydrogen-bond acceptors (Lipinski definition) is 2. The summed E-state index contributed by atoms with van der Waals surface area (Å²) in [5.41, 5.74) is 4.03. The molecule has 1 aliphatic heterocycles. The Morgan fingerprint density at radius 3 is 2.81 bits per heavy atom. The summed E-state index contributed by atoms with van der Waals surface area (Å²) in [6.07, 6.45) is 0. The van der Waals surface area contributed by atoms with E-state index in [2.05, 4.69) is 56.2 Å². The molecule has 0 amide bonds. The largest absolute Gasteiger partial charge is 0.383 e. The molecule has 0 aliphatic carbocycles. The van der Waals surface area contributed by atoms with Gasteiger partial charge in [-0.25, -0.2) is 0 Å². The third kappa shape index (κ3) is 2.16. The molecule has 2 nitrogen and oxygen atoms in total. The van der Waals surface area contributed by atoms with E-state index in [0.717, 1.165) is 13.1 Å². The number of fused-ring (bicyclic) bond motifs is 1. The van der Waals surface area contributed by atoms with Crippen molar-refractivity contribution in [2.24, 2.45) is 5.92 Å². The van der Waals surface area contributed by atoms with Gasteiger partial charge in [-0.05, 0) is 29.5 Å². The summed E-state index contributed by atoms with van der Waals surface area (Å²) < 4.78 is 0. The zero-order valence-corrected chi connectivity index (χ0v) is 10.7. The van der Waals surface area contributed by atoms with E-state index in [1.807, 2.05) is 0 Å². The molecule has 0 spiro atoms. The Labute approximate surface area is 98.7 Å². The molecule has 16 heavy (non-hydrogen) atoms. The minimum Gasteiger partial charge on any atom is -0.383 e. The van der Waals surface area contributed by atoms with Crippen LogP contribution in [0.1, 0.15) is 32.3 Å². The van der Waals surface area contributed by atoms with E-state index in [9.17, 15) is 0 Å². The maximum absolute atomic E-state index is 3.56. The first-order valence-electron chi connectivity index (χ1n) is 6.17. The minimum absolute atomic E-state index is 0.595. The number of hydrogen-bond donors (Lipinski definition) is 1. The van der Waals surface area contributed by atoms with Crippen molar-refractivity contribution in [2.45, 2.75) is 26.7 Å². The first kappa shape index (κ1) is 11.3. The van der Waals surface area contributed by atoms with Crippen molar-refractivity contribution in [3.63, 3.8) is 0 Å². The number of benzene rings is 1. The molecule has 0 fully saturated rings. The van der Waals surface area contributed by atoms with Gasteiger partial charge in [0.25, 0.3) is 0 Å². The second kappa shape index (κ2) is 4.36. The zero-order chi connectivity index (χ0) is 11.7. The summed E-state index contributed by atoms with van der Waals surface area (Å²) in [7, 11) is 2.18. The topological polar surface area (TPSA) is 15.3 Å². The first-order chi connectivity index (χ1) is 7.58. The first-order valence-corrected chi connectivity index (χ1v) is 6.17. The van der Waals surface area contributed by atoms with Gasteiger partial charge in [-0.15, -0.1) is 0 Å². The third-order valence-electron chi connectivity index (χ3n) is 3.33. The van der Waals surface area contributed by atoms with E-state index in [1.165, 1.54) is 16.9 Å². The molecule has 1 heterocycles. The van der Waals surface area contributed by atoms with Crippen LogP contribution < -0.4 is 10.2 Å².